The van der Waals surface area contributed by atoms with Crippen LogP contribution in [-0.4, -0.2) is 13.4 Å². The normalized spacial score (nSPS) is 12.6. The van der Waals surface area contributed by atoms with Gasteiger partial charge in [-0.15, -0.1) is 22.7 Å². The van der Waals surface area contributed by atoms with Gasteiger partial charge in [-0.2, -0.15) is 0 Å². The van der Waals surface area contributed by atoms with E-state index in [-0.39, 0.29) is 9.62 Å². The number of nitrogens with two attached hydrogens (primary N) is 1. The fraction of sp³-hybridized carbons (Fsp3) is 0.364. The Morgan fingerprint density at radius 1 is 1.26 bits per heavy atom. The van der Waals surface area contributed by atoms with E-state index in [4.69, 9.17) is 5.73 Å². The van der Waals surface area contributed by atoms with Gasteiger partial charge in [-0.3, -0.25) is 4.72 Å². The van der Waals surface area contributed by atoms with E-state index in [1.54, 1.807) is 5.38 Å². The second-order valence-corrected chi connectivity index (χ2v) is 8.77. The monoisotopic (exact) mass is 317 g/mol. The molecule has 19 heavy (non-hydrogen) atoms. The third kappa shape index (κ3) is 3.26. The van der Waals surface area contributed by atoms with Gasteiger partial charge in [-0.25, -0.2) is 13.4 Å². The Balaban J connectivity index is 2.24. The molecular weight excluding hydrogens is 302 g/mol. The fourth-order valence-corrected chi connectivity index (χ4v) is 4.57. The van der Waals surface area contributed by atoms with E-state index in [9.17, 15) is 8.42 Å². The van der Waals surface area contributed by atoms with Gasteiger partial charge >= 0.3 is 0 Å². The van der Waals surface area contributed by atoms with Crippen molar-refractivity contribution in [3.05, 3.63) is 22.5 Å². The van der Waals surface area contributed by atoms with Crippen LogP contribution in [0, 0.1) is 0 Å². The lowest BCUT2D eigenvalue weighted by Crippen LogP contribution is -2.14. The molecule has 2 heterocycles. The maximum absolute atomic E-state index is 12.1. The van der Waals surface area contributed by atoms with Crippen molar-refractivity contribution in [2.75, 3.05) is 10.5 Å². The van der Waals surface area contributed by atoms with Gasteiger partial charge in [0.1, 0.15) is 4.21 Å². The first-order chi connectivity index (χ1) is 8.68. The van der Waals surface area contributed by atoms with Crippen LogP contribution in [0.1, 0.15) is 26.5 Å². The predicted octanol–water partition coefficient (Wildman–Crippen LogP) is 2.89. The molecule has 0 fully saturated rings. The Morgan fingerprint density at radius 3 is 2.42 bits per heavy atom. The maximum Gasteiger partial charge on any atom is 0.273 e. The molecule has 0 aliphatic heterocycles. The highest BCUT2D eigenvalue weighted by Crippen LogP contribution is 2.29. The van der Waals surface area contributed by atoms with Gasteiger partial charge in [0.2, 0.25) is 0 Å². The topological polar surface area (TPSA) is 85.1 Å². The third-order valence-corrected chi connectivity index (χ3v) is 6.04. The van der Waals surface area contributed by atoms with E-state index in [0.29, 0.717) is 10.8 Å². The van der Waals surface area contributed by atoms with E-state index >= 15 is 0 Å². The van der Waals surface area contributed by atoms with Gasteiger partial charge in [-0.1, -0.05) is 20.8 Å². The first-order valence-electron chi connectivity index (χ1n) is 5.51. The number of aromatic nitrogens is 1. The summed E-state index contributed by atoms with van der Waals surface area (Å²) in [7, 11) is -3.59. The number of rotatable bonds is 3. The number of thiophene rings is 1. The number of thiazole rings is 1. The van der Waals surface area contributed by atoms with Crippen molar-refractivity contribution < 1.29 is 8.42 Å². The minimum absolute atomic E-state index is 0.104. The minimum atomic E-state index is -3.59. The van der Waals surface area contributed by atoms with Crippen LogP contribution in [0.3, 0.4) is 0 Å². The zero-order chi connectivity index (χ0) is 14.3. The van der Waals surface area contributed by atoms with Crippen LogP contribution in [0.5, 0.6) is 0 Å². The summed E-state index contributed by atoms with van der Waals surface area (Å²) in [5.74, 6) is 0. The van der Waals surface area contributed by atoms with Crippen LogP contribution in [-0.2, 0) is 15.4 Å². The lowest BCUT2D eigenvalue weighted by Gasteiger charge is -2.14. The van der Waals surface area contributed by atoms with Gasteiger partial charge in [0.25, 0.3) is 10.0 Å². The molecule has 0 bridgehead atoms. The van der Waals surface area contributed by atoms with Crippen molar-refractivity contribution in [1.29, 1.82) is 0 Å². The zero-order valence-electron chi connectivity index (χ0n) is 10.8. The third-order valence-electron chi connectivity index (χ3n) is 2.35. The molecular formula is C11H15N3O2S3. The molecule has 0 amide bonds. The van der Waals surface area contributed by atoms with Gasteiger partial charge in [-0.05, 0) is 6.07 Å². The van der Waals surface area contributed by atoms with Crippen LogP contribution >= 0.6 is 22.7 Å². The van der Waals surface area contributed by atoms with Crippen molar-refractivity contribution in [3.8, 4) is 0 Å². The number of hydrogen-bond acceptors (Lipinski definition) is 6. The summed E-state index contributed by atoms with van der Waals surface area (Å²) in [6.07, 6.45) is 0. The Hall–Kier alpha value is -1.12. The van der Waals surface area contributed by atoms with Crippen molar-refractivity contribution in [2.45, 2.75) is 30.4 Å². The van der Waals surface area contributed by atoms with Crippen molar-refractivity contribution in [3.63, 3.8) is 0 Å². The summed E-state index contributed by atoms with van der Waals surface area (Å²) >= 11 is 2.37. The Bertz CT molecular complexity index is 680. The average molecular weight is 317 g/mol. The average Bonchev–Trinajstić information content (AvgIpc) is 2.85. The Labute approximate surface area is 120 Å². The van der Waals surface area contributed by atoms with Crippen LogP contribution in [0.2, 0.25) is 0 Å². The predicted molar refractivity (Wildman–Crippen MR) is 80.4 cm³/mol. The second kappa shape index (κ2) is 4.77. The molecule has 0 aliphatic rings. The summed E-state index contributed by atoms with van der Waals surface area (Å²) < 4.78 is 26.8. The zero-order valence-corrected chi connectivity index (χ0v) is 13.2. The summed E-state index contributed by atoms with van der Waals surface area (Å²) in [4.78, 5) is 4.30. The number of anilines is 2. The molecule has 8 heteroatoms. The Kier molecular flexibility index (Phi) is 3.59. The molecule has 0 saturated heterocycles. The van der Waals surface area contributed by atoms with E-state index in [2.05, 4.69) is 9.71 Å². The second-order valence-electron chi connectivity index (χ2n) is 5.09. The van der Waals surface area contributed by atoms with E-state index in [1.165, 1.54) is 17.4 Å². The molecule has 0 saturated carbocycles. The molecule has 104 valence electrons. The van der Waals surface area contributed by atoms with Crippen LogP contribution in [0.4, 0.5) is 10.8 Å². The summed E-state index contributed by atoms with van der Waals surface area (Å²) in [6, 6.07) is 1.44. The summed E-state index contributed by atoms with van der Waals surface area (Å²) in [6.45, 7) is 6.08. The van der Waals surface area contributed by atoms with E-state index in [1.807, 2.05) is 26.2 Å². The van der Waals surface area contributed by atoms with Gasteiger partial charge in [0, 0.05) is 21.9 Å². The first kappa shape index (κ1) is 14.3. The lowest BCUT2D eigenvalue weighted by molar-refractivity contribution is 0.573. The number of nitrogen functional groups attached to an aromatic ring is 1. The SMILES string of the molecule is CC(C)(C)c1csc(NS(=O)(=O)c2cc(N)cs2)n1. The largest absolute Gasteiger partial charge is 0.398 e. The number of nitrogens with zero attached hydrogens (tertiary/aromatic N) is 1. The maximum atomic E-state index is 12.1. The highest BCUT2D eigenvalue weighted by Gasteiger charge is 2.21. The lowest BCUT2D eigenvalue weighted by atomic mass is 9.93. The minimum Gasteiger partial charge on any atom is -0.398 e. The highest BCUT2D eigenvalue weighted by atomic mass is 32.2. The molecule has 2 aromatic heterocycles. The number of hydrogen-bond donors (Lipinski definition) is 2. The van der Waals surface area contributed by atoms with Gasteiger partial charge < -0.3 is 5.73 Å². The molecule has 2 rings (SSSR count). The quantitative estimate of drug-likeness (QED) is 0.911. The van der Waals surface area contributed by atoms with E-state index < -0.39 is 10.0 Å². The molecule has 0 aromatic carbocycles. The van der Waals surface area contributed by atoms with Crippen molar-refractivity contribution in [2.24, 2.45) is 0 Å². The van der Waals surface area contributed by atoms with Crippen LogP contribution in [0.15, 0.2) is 21.0 Å². The van der Waals surface area contributed by atoms with Crippen LogP contribution < -0.4 is 10.5 Å². The molecule has 5 nitrogen and oxygen atoms in total. The summed E-state index contributed by atoms with van der Waals surface area (Å²) in [5.41, 5.74) is 6.74. The number of sulfonamides is 1. The number of nitrogens with one attached hydrogen (secondary N) is 1. The first-order valence-corrected chi connectivity index (χ1v) is 8.75. The molecule has 0 radical (unpaired) electrons. The molecule has 0 aliphatic carbocycles. The highest BCUT2D eigenvalue weighted by molar-refractivity contribution is 7.94. The molecule has 0 spiro atoms. The van der Waals surface area contributed by atoms with Crippen molar-refractivity contribution in [1.82, 2.24) is 4.98 Å². The van der Waals surface area contributed by atoms with Crippen molar-refractivity contribution >= 4 is 43.5 Å². The molecule has 0 atom stereocenters. The Morgan fingerprint density at radius 2 is 1.95 bits per heavy atom. The smallest absolute Gasteiger partial charge is 0.273 e. The fourth-order valence-electron chi connectivity index (χ4n) is 1.30. The van der Waals surface area contributed by atoms with Gasteiger partial charge in [0.05, 0.1) is 5.69 Å². The standard InChI is InChI=1S/C11H15N3O2S3/c1-11(2,3)8-6-18-10(13-8)14-19(15,16)9-4-7(12)5-17-9/h4-6H,12H2,1-3H3,(H,13,14). The van der Waals surface area contributed by atoms with E-state index in [0.717, 1.165) is 17.0 Å². The molecule has 2 aromatic rings. The van der Waals surface area contributed by atoms with Crippen LogP contribution in [0.25, 0.3) is 0 Å². The van der Waals surface area contributed by atoms with Gasteiger partial charge in [0.15, 0.2) is 5.13 Å². The summed E-state index contributed by atoms with van der Waals surface area (Å²) in [5, 5.41) is 3.83. The molecule has 3 N–H and O–H groups in total. The molecule has 0 unspecified atom stereocenters.